The van der Waals surface area contributed by atoms with Gasteiger partial charge in [-0.2, -0.15) is 0 Å². The number of anilines is 1. The number of nitrogen functional groups attached to an aromatic ring is 1. The van der Waals surface area contributed by atoms with E-state index in [1.807, 2.05) is 13.8 Å². The number of carbonyl (C=O) groups excluding carboxylic acids is 1. The van der Waals surface area contributed by atoms with E-state index in [-0.39, 0.29) is 29.8 Å². The number of benzene rings is 1. The average Bonchev–Trinajstić information content (AvgIpc) is 2.28. The summed E-state index contributed by atoms with van der Waals surface area (Å²) < 4.78 is 13.7. The highest BCUT2D eigenvalue weighted by atomic mass is 19.1. The molecule has 0 fully saturated rings. The predicted molar refractivity (Wildman–Crippen MR) is 68.7 cm³/mol. The van der Waals surface area contributed by atoms with Crippen LogP contribution < -0.4 is 5.73 Å². The molecular weight excluding hydrogens is 235 g/mol. The van der Waals surface area contributed by atoms with Gasteiger partial charge in [-0.25, -0.2) is 4.39 Å². The van der Waals surface area contributed by atoms with E-state index in [2.05, 4.69) is 0 Å². The fourth-order valence-electron chi connectivity index (χ4n) is 1.69. The topological polar surface area (TPSA) is 66.6 Å². The Morgan fingerprint density at radius 1 is 1.50 bits per heavy atom. The predicted octanol–water partition coefficient (Wildman–Crippen LogP) is 1.64. The van der Waals surface area contributed by atoms with Crippen molar-refractivity contribution in [3.63, 3.8) is 0 Å². The Hall–Kier alpha value is -1.62. The maximum atomic E-state index is 13.7. The molecule has 0 heterocycles. The van der Waals surface area contributed by atoms with Crippen molar-refractivity contribution in [3.8, 4) is 0 Å². The normalized spacial score (nSPS) is 10.7. The Kier molecular flexibility index (Phi) is 5.09. The smallest absolute Gasteiger partial charge is 0.257 e. The number of carbonyl (C=O) groups is 1. The quantitative estimate of drug-likeness (QED) is 0.785. The van der Waals surface area contributed by atoms with Gasteiger partial charge in [-0.1, -0.05) is 0 Å². The van der Waals surface area contributed by atoms with Crippen molar-refractivity contribution in [2.75, 3.05) is 18.9 Å². The molecule has 18 heavy (non-hydrogen) atoms. The Morgan fingerprint density at radius 2 is 2.17 bits per heavy atom. The van der Waals surface area contributed by atoms with Crippen LogP contribution in [0.5, 0.6) is 0 Å². The maximum absolute atomic E-state index is 13.7. The molecule has 0 radical (unpaired) electrons. The highest BCUT2D eigenvalue weighted by Gasteiger charge is 2.21. The zero-order chi connectivity index (χ0) is 13.7. The van der Waals surface area contributed by atoms with Gasteiger partial charge in [-0.05, 0) is 38.5 Å². The number of halogens is 1. The van der Waals surface area contributed by atoms with Crippen molar-refractivity contribution in [1.29, 1.82) is 0 Å². The molecule has 1 amide bonds. The summed E-state index contributed by atoms with van der Waals surface area (Å²) >= 11 is 0. The number of hydrogen-bond acceptors (Lipinski definition) is 3. The number of rotatable bonds is 5. The Balaban J connectivity index is 2.94. The lowest BCUT2D eigenvalue weighted by molar-refractivity contribution is 0.0688. The second-order valence-electron chi connectivity index (χ2n) is 4.41. The third kappa shape index (κ3) is 3.43. The third-order valence-corrected chi connectivity index (χ3v) is 2.66. The van der Waals surface area contributed by atoms with Crippen molar-refractivity contribution in [2.45, 2.75) is 26.3 Å². The van der Waals surface area contributed by atoms with Gasteiger partial charge in [0.1, 0.15) is 5.82 Å². The molecular formula is C13H19FN2O2. The maximum Gasteiger partial charge on any atom is 0.257 e. The van der Waals surface area contributed by atoms with Crippen LogP contribution in [0.1, 0.15) is 30.6 Å². The van der Waals surface area contributed by atoms with Crippen molar-refractivity contribution in [3.05, 3.63) is 29.6 Å². The summed E-state index contributed by atoms with van der Waals surface area (Å²) in [5.74, 6) is -0.995. The lowest BCUT2D eigenvalue weighted by Crippen LogP contribution is -2.38. The van der Waals surface area contributed by atoms with Gasteiger partial charge in [0.15, 0.2) is 0 Å². The highest BCUT2D eigenvalue weighted by molar-refractivity contribution is 5.95. The summed E-state index contributed by atoms with van der Waals surface area (Å²) in [6, 6.07) is 3.97. The van der Waals surface area contributed by atoms with Gasteiger partial charge in [0, 0.05) is 24.9 Å². The van der Waals surface area contributed by atoms with Crippen LogP contribution in [0.4, 0.5) is 10.1 Å². The van der Waals surface area contributed by atoms with Gasteiger partial charge in [0.05, 0.1) is 5.56 Å². The summed E-state index contributed by atoms with van der Waals surface area (Å²) in [5, 5.41) is 8.81. The molecule has 4 nitrogen and oxygen atoms in total. The molecule has 0 aliphatic rings. The molecule has 0 aliphatic heterocycles. The molecule has 1 aromatic carbocycles. The first-order chi connectivity index (χ1) is 8.47. The zero-order valence-corrected chi connectivity index (χ0v) is 10.7. The van der Waals surface area contributed by atoms with Crippen molar-refractivity contribution >= 4 is 11.6 Å². The molecule has 1 rings (SSSR count). The minimum absolute atomic E-state index is 0.000714. The van der Waals surface area contributed by atoms with Crippen LogP contribution in [-0.2, 0) is 0 Å². The zero-order valence-electron chi connectivity index (χ0n) is 10.7. The molecule has 1 aromatic rings. The Morgan fingerprint density at radius 3 is 2.67 bits per heavy atom. The number of aliphatic hydroxyl groups is 1. The number of nitrogens with two attached hydrogens (primary N) is 1. The molecule has 0 atom stereocenters. The lowest BCUT2D eigenvalue weighted by atomic mass is 10.1. The van der Waals surface area contributed by atoms with E-state index in [0.29, 0.717) is 13.0 Å². The van der Waals surface area contributed by atoms with E-state index < -0.39 is 5.82 Å². The van der Waals surface area contributed by atoms with Crippen LogP contribution in [0.2, 0.25) is 0 Å². The van der Waals surface area contributed by atoms with E-state index in [0.717, 1.165) is 6.07 Å². The summed E-state index contributed by atoms with van der Waals surface area (Å²) in [7, 11) is 0. The first-order valence-electron chi connectivity index (χ1n) is 5.94. The number of amides is 1. The molecule has 0 unspecified atom stereocenters. The molecule has 0 spiro atoms. The molecule has 0 aromatic heterocycles. The van der Waals surface area contributed by atoms with Gasteiger partial charge >= 0.3 is 0 Å². The number of aliphatic hydroxyl groups excluding tert-OH is 1. The van der Waals surface area contributed by atoms with Gasteiger partial charge in [-0.3, -0.25) is 4.79 Å². The van der Waals surface area contributed by atoms with Crippen LogP contribution in [0, 0.1) is 5.82 Å². The van der Waals surface area contributed by atoms with E-state index in [1.165, 1.54) is 17.0 Å². The van der Waals surface area contributed by atoms with Gasteiger partial charge < -0.3 is 15.7 Å². The molecule has 5 heteroatoms. The van der Waals surface area contributed by atoms with Crippen LogP contribution in [0.25, 0.3) is 0 Å². The molecule has 100 valence electrons. The van der Waals surface area contributed by atoms with E-state index in [1.54, 1.807) is 0 Å². The standard InChI is InChI=1S/C13H19FN2O2/c1-9(2)16(6-3-7-17)13(18)11-5-4-10(15)8-12(11)14/h4-5,8-9,17H,3,6-7,15H2,1-2H3. The van der Waals surface area contributed by atoms with Crippen molar-refractivity contribution in [2.24, 2.45) is 0 Å². The van der Waals surface area contributed by atoms with E-state index >= 15 is 0 Å². The van der Waals surface area contributed by atoms with Crippen LogP contribution in [0.3, 0.4) is 0 Å². The highest BCUT2D eigenvalue weighted by Crippen LogP contribution is 2.15. The minimum atomic E-state index is -0.616. The van der Waals surface area contributed by atoms with E-state index in [4.69, 9.17) is 10.8 Å². The van der Waals surface area contributed by atoms with Gasteiger partial charge in [-0.15, -0.1) is 0 Å². The summed E-state index contributed by atoms with van der Waals surface area (Å²) in [5.41, 5.74) is 5.74. The fraction of sp³-hybridized carbons (Fsp3) is 0.462. The largest absolute Gasteiger partial charge is 0.399 e. The lowest BCUT2D eigenvalue weighted by Gasteiger charge is -2.26. The van der Waals surface area contributed by atoms with Crippen LogP contribution in [-0.4, -0.2) is 35.1 Å². The van der Waals surface area contributed by atoms with Crippen LogP contribution in [0.15, 0.2) is 18.2 Å². The average molecular weight is 254 g/mol. The second kappa shape index (κ2) is 6.35. The first kappa shape index (κ1) is 14.4. The first-order valence-corrected chi connectivity index (χ1v) is 5.94. The van der Waals surface area contributed by atoms with Crippen molar-refractivity contribution in [1.82, 2.24) is 4.90 Å². The van der Waals surface area contributed by atoms with Gasteiger partial charge in [0.25, 0.3) is 5.91 Å². The van der Waals surface area contributed by atoms with E-state index in [9.17, 15) is 9.18 Å². The van der Waals surface area contributed by atoms with Crippen LogP contribution >= 0.6 is 0 Å². The molecule has 3 N–H and O–H groups in total. The second-order valence-corrected chi connectivity index (χ2v) is 4.41. The Labute approximate surface area is 106 Å². The molecule has 0 aliphatic carbocycles. The molecule has 0 saturated heterocycles. The SMILES string of the molecule is CC(C)N(CCCO)C(=O)c1ccc(N)cc1F. The fourth-order valence-corrected chi connectivity index (χ4v) is 1.69. The van der Waals surface area contributed by atoms with Gasteiger partial charge in [0.2, 0.25) is 0 Å². The monoisotopic (exact) mass is 254 g/mol. The summed E-state index contributed by atoms with van der Waals surface area (Å²) in [4.78, 5) is 13.7. The summed E-state index contributed by atoms with van der Waals surface area (Å²) in [6.45, 7) is 4.10. The number of hydrogen-bond donors (Lipinski definition) is 2. The van der Waals surface area contributed by atoms with Crippen molar-refractivity contribution < 1.29 is 14.3 Å². The Bertz CT molecular complexity index is 421. The minimum Gasteiger partial charge on any atom is -0.399 e. The molecule has 0 bridgehead atoms. The third-order valence-electron chi connectivity index (χ3n) is 2.66. The summed E-state index contributed by atoms with van der Waals surface area (Å²) in [6.07, 6.45) is 0.473. The number of nitrogens with zero attached hydrogens (tertiary/aromatic N) is 1. The molecule has 0 saturated carbocycles.